The molecule has 0 bridgehead atoms. The van der Waals surface area contributed by atoms with Gasteiger partial charge >= 0.3 is 0 Å². The van der Waals surface area contributed by atoms with Gasteiger partial charge in [-0.1, -0.05) is 12.1 Å². The summed E-state index contributed by atoms with van der Waals surface area (Å²) in [5.74, 6) is 0.630. The Balaban J connectivity index is 2.16. The van der Waals surface area contributed by atoms with E-state index < -0.39 is 10.0 Å². The van der Waals surface area contributed by atoms with Crippen molar-refractivity contribution in [2.45, 2.75) is 18.4 Å². The number of nitrogens with one attached hydrogen (secondary N) is 1. The fourth-order valence-corrected chi connectivity index (χ4v) is 2.49. The van der Waals surface area contributed by atoms with Gasteiger partial charge in [-0.05, 0) is 24.6 Å². The second-order valence-electron chi connectivity index (χ2n) is 4.59. The maximum Gasteiger partial charge on any atom is 0.238 e. The van der Waals surface area contributed by atoms with Gasteiger partial charge in [-0.25, -0.2) is 13.6 Å². The van der Waals surface area contributed by atoms with Gasteiger partial charge in [-0.15, -0.1) is 0 Å². The Morgan fingerprint density at radius 2 is 2.00 bits per heavy atom. The van der Waals surface area contributed by atoms with Crippen molar-refractivity contribution in [3.8, 4) is 6.07 Å². The van der Waals surface area contributed by atoms with Gasteiger partial charge in [0, 0.05) is 13.6 Å². The number of nitrogens with two attached hydrogens (primary N) is 1. The molecule has 3 N–H and O–H groups in total. The fourth-order valence-electron chi connectivity index (χ4n) is 1.98. The number of nitriles is 1. The van der Waals surface area contributed by atoms with Gasteiger partial charge in [0.1, 0.15) is 17.5 Å². The zero-order valence-electron chi connectivity index (χ0n) is 11.7. The van der Waals surface area contributed by atoms with Crippen LogP contribution in [0.25, 0.3) is 0 Å². The van der Waals surface area contributed by atoms with Crippen LogP contribution in [0.1, 0.15) is 16.8 Å². The van der Waals surface area contributed by atoms with E-state index in [1.165, 1.54) is 12.1 Å². The number of hydrogen-bond donors (Lipinski definition) is 2. The third-order valence-electron chi connectivity index (χ3n) is 3.05. The first kappa shape index (κ1) is 15.0. The maximum absolute atomic E-state index is 11.2. The summed E-state index contributed by atoms with van der Waals surface area (Å²) in [5.41, 5.74) is 2.02. The molecular weight excluding hydrogens is 290 g/mol. The molecule has 7 nitrogen and oxygen atoms in total. The Bertz CT molecular complexity index is 800. The Morgan fingerprint density at radius 1 is 1.38 bits per heavy atom. The summed E-state index contributed by atoms with van der Waals surface area (Å²) in [7, 11) is -1.93. The lowest BCUT2D eigenvalue weighted by Crippen LogP contribution is -2.12. The number of rotatable bonds is 4. The molecule has 8 heteroatoms. The van der Waals surface area contributed by atoms with Crippen molar-refractivity contribution in [2.24, 2.45) is 12.2 Å². The van der Waals surface area contributed by atoms with E-state index in [1.807, 2.05) is 0 Å². The molecule has 0 unspecified atom stereocenters. The quantitative estimate of drug-likeness (QED) is 0.869. The van der Waals surface area contributed by atoms with Gasteiger partial charge in [0.05, 0.1) is 10.6 Å². The summed E-state index contributed by atoms with van der Waals surface area (Å²) in [6.45, 7) is 2.21. The summed E-state index contributed by atoms with van der Waals surface area (Å²) in [5, 5.41) is 21.5. The molecule has 1 aromatic carbocycles. The predicted molar refractivity (Wildman–Crippen MR) is 77.8 cm³/mol. The number of aryl methyl sites for hydroxylation is 2. The molecule has 2 aromatic rings. The number of nitrogens with zero attached hydrogens (tertiary/aromatic N) is 3. The van der Waals surface area contributed by atoms with Crippen LogP contribution in [0.2, 0.25) is 0 Å². The van der Waals surface area contributed by atoms with E-state index in [-0.39, 0.29) is 4.90 Å². The molecule has 110 valence electrons. The third kappa shape index (κ3) is 3.21. The van der Waals surface area contributed by atoms with Crippen molar-refractivity contribution >= 4 is 15.8 Å². The minimum atomic E-state index is -3.68. The number of anilines is 1. The van der Waals surface area contributed by atoms with Crippen LogP contribution in [-0.2, 0) is 23.6 Å². The monoisotopic (exact) mass is 305 g/mol. The van der Waals surface area contributed by atoms with E-state index >= 15 is 0 Å². The molecule has 21 heavy (non-hydrogen) atoms. The van der Waals surface area contributed by atoms with Crippen LogP contribution in [0, 0.1) is 18.3 Å². The number of sulfonamides is 1. The van der Waals surface area contributed by atoms with Crippen molar-refractivity contribution in [1.82, 2.24) is 9.78 Å². The molecule has 0 aliphatic rings. The maximum atomic E-state index is 11.2. The van der Waals surface area contributed by atoms with E-state index in [1.54, 1.807) is 30.8 Å². The number of primary sulfonamides is 1. The van der Waals surface area contributed by atoms with Gasteiger partial charge in [0.25, 0.3) is 0 Å². The molecule has 0 saturated heterocycles. The minimum absolute atomic E-state index is 0.0698. The SMILES string of the molecule is Cc1nn(C)c(NCc2ccc(S(N)(=O)=O)cc2)c1C#N. The van der Waals surface area contributed by atoms with Crippen LogP contribution in [0.5, 0.6) is 0 Å². The Labute approximate surface area is 123 Å². The average Bonchev–Trinajstić information content (AvgIpc) is 2.69. The van der Waals surface area contributed by atoms with Crippen molar-refractivity contribution < 1.29 is 8.42 Å². The second kappa shape index (κ2) is 5.55. The van der Waals surface area contributed by atoms with Crippen molar-refractivity contribution in [3.63, 3.8) is 0 Å². The lowest BCUT2D eigenvalue weighted by atomic mass is 10.2. The molecule has 0 fully saturated rings. The largest absolute Gasteiger partial charge is 0.365 e. The van der Waals surface area contributed by atoms with Crippen molar-refractivity contribution in [3.05, 3.63) is 41.1 Å². The van der Waals surface area contributed by atoms with Crippen molar-refractivity contribution in [1.29, 1.82) is 5.26 Å². The molecule has 0 aliphatic carbocycles. The van der Waals surface area contributed by atoms with Gasteiger partial charge in [-0.3, -0.25) is 4.68 Å². The first-order chi connectivity index (χ1) is 9.82. The van der Waals surface area contributed by atoms with Gasteiger partial charge in [0.15, 0.2) is 0 Å². The fraction of sp³-hybridized carbons (Fsp3) is 0.231. The summed E-state index contributed by atoms with van der Waals surface area (Å²) in [6, 6.07) is 8.35. The van der Waals surface area contributed by atoms with E-state index in [9.17, 15) is 8.42 Å². The number of hydrogen-bond acceptors (Lipinski definition) is 5. The molecule has 1 aromatic heterocycles. The van der Waals surface area contributed by atoms with E-state index in [0.717, 1.165) is 5.56 Å². The third-order valence-corrected chi connectivity index (χ3v) is 3.98. The first-order valence-corrected chi connectivity index (χ1v) is 7.67. The highest BCUT2D eigenvalue weighted by Gasteiger charge is 2.12. The van der Waals surface area contributed by atoms with E-state index in [0.29, 0.717) is 23.6 Å². The van der Waals surface area contributed by atoms with E-state index in [4.69, 9.17) is 10.4 Å². The number of benzene rings is 1. The Kier molecular flexibility index (Phi) is 3.97. The standard InChI is InChI=1S/C13H15N5O2S/c1-9-12(7-14)13(18(2)17-9)16-8-10-3-5-11(6-4-10)21(15,19)20/h3-6,16H,8H2,1-2H3,(H2,15,19,20). The highest BCUT2D eigenvalue weighted by atomic mass is 32.2. The molecule has 1 heterocycles. The minimum Gasteiger partial charge on any atom is -0.365 e. The van der Waals surface area contributed by atoms with Crippen LogP contribution in [0.3, 0.4) is 0 Å². The molecular formula is C13H15N5O2S. The highest BCUT2D eigenvalue weighted by Crippen LogP contribution is 2.18. The Morgan fingerprint density at radius 3 is 2.52 bits per heavy atom. The van der Waals surface area contributed by atoms with Gasteiger partial charge in [0.2, 0.25) is 10.0 Å². The second-order valence-corrected chi connectivity index (χ2v) is 6.15. The lowest BCUT2D eigenvalue weighted by molar-refractivity contribution is 0.598. The van der Waals surface area contributed by atoms with Crippen LogP contribution in [-0.4, -0.2) is 18.2 Å². The molecule has 0 aliphatic heterocycles. The van der Waals surface area contributed by atoms with Crippen LogP contribution in [0.4, 0.5) is 5.82 Å². The lowest BCUT2D eigenvalue weighted by Gasteiger charge is -2.07. The zero-order chi connectivity index (χ0) is 15.6. The molecule has 0 saturated carbocycles. The van der Waals surface area contributed by atoms with Crippen molar-refractivity contribution in [2.75, 3.05) is 5.32 Å². The average molecular weight is 305 g/mol. The molecule has 0 spiro atoms. The zero-order valence-corrected chi connectivity index (χ0v) is 12.5. The summed E-state index contributed by atoms with van der Waals surface area (Å²) in [6.07, 6.45) is 0. The summed E-state index contributed by atoms with van der Waals surface area (Å²) in [4.78, 5) is 0.0698. The van der Waals surface area contributed by atoms with Crippen LogP contribution < -0.4 is 10.5 Å². The topological polar surface area (TPSA) is 114 Å². The van der Waals surface area contributed by atoms with Crippen LogP contribution >= 0.6 is 0 Å². The summed E-state index contributed by atoms with van der Waals surface area (Å²) < 4.78 is 23.9. The summed E-state index contributed by atoms with van der Waals surface area (Å²) >= 11 is 0. The van der Waals surface area contributed by atoms with Crippen LogP contribution in [0.15, 0.2) is 29.2 Å². The smallest absolute Gasteiger partial charge is 0.238 e. The molecule has 0 amide bonds. The number of aromatic nitrogens is 2. The first-order valence-electron chi connectivity index (χ1n) is 6.12. The molecule has 0 radical (unpaired) electrons. The normalized spacial score (nSPS) is 11.1. The highest BCUT2D eigenvalue weighted by molar-refractivity contribution is 7.89. The van der Waals surface area contributed by atoms with Gasteiger partial charge in [-0.2, -0.15) is 10.4 Å². The molecule has 2 rings (SSSR count). The molecule has 0 atom stereocenters. The van der Waals surface area contributed by atoms with E-state index in [2.05, 4.69) is 16.5 Å². The van der Waals surface area contributed by atoms with Gasteiger partial charge < -0.3 is 5.32 Å². The predicted octanol–water partition coefficient (Wildman–Crippen LogP) is 0.860. The Hall–Kier alpha value is -2.37.